The Balaban J connectivity index is 1.73. The fourth-order valence-electron chi connectivity index (χ4n) is 3.44. The molecule has 5 heteroatoms. The molecule has 4 rings (SSSR count). The van der Waals surface area contributed by atoms with Crippen LogP contribution in [0.25, 0.3) is 32.9 Å². The Hall–Kier alpha value is -3.60. The van der Waals surface area contributed by atoms with Gasteiger partial charge in [-0.2, -0.15) is 0 Å². The maximum atomic E-state index is 12.3. The third-order valence-electron chi connectivity index (χ3n) is 4.92. The lowest BCUT2D eigenvalue weighted by Crippen LogP contribution is -2.15. The molecule has 30 heavy (non-hydrogen) atoms. The minimum Gasteiger partial charge on any atom is -0.481 e. The molecule has 0 radical (unpaired) electrons. The van der Waals surface area contributed by atoms with Crippen LogP contribution in [0.4, 0.5) is 0 Å². The quantitative estimate of drug-likeness (QED) is 0.181. The summed E-state index contributed by atoms with van der Waals surface area (Å²) < 4.78 is 16.4. The molecule has 0 aliphatic carbocycles. The highest BCUT2D eigenvalue weighted by atomic mass is 16.6. The Labute approximate surface area is 173 Å². The van der Waals surface area contributed by atoms with Crippen molar-refractivity contribution in [2.75, 3.05) is 13.2 Å². The van der Waals surface area contributed by atoms with Crippen molar-refractivity contribution in [1.29, 1.82) is 0 Å². The molecule has 5 nitrogen and oxygen atoms in total. The van der Waals surface area contributed by atoms with Crippen LogP contribution in [0, 0.1) is 0 Å². The number of hydrogen-bond acceptors (Lipinski definition) is 5. The van der Waals surface area contributed by atoms with E-state index in [1.807, 2.05) is 61.5 Å². The van der Waals surface area contributed by atoms with E-state index in [0.29, 0.717) is 17.9 Å². The first kappa shape index (κ1) is 19.7. The fourth-order valence-corrected chi connectivity index (χ4v) is 3.44. The van der Waals surface area contributed by atoms with E-state index < -0.39 is 11.6 Å². The van der Waals surface area contributed by atoms with Crippen molar-refractivity contribution in [2.24, 2.45) is 0 Å². The summed E-state index contributed by atoms with van der Waals surface area (Å²) in [5.74, 6) is 0.133. The average molecular weight is 402 g/mol. The normalized spacial score (nSPS) is 11.0. The van der Waals surface area contributed by atoms with E-state index in [1.54, 1.807) is 6.07 Å². The van der Waals surface area contributed by atoms with Crippen LogP contribution in [0.5, 0.6) is 5.75 Å². The van der Waals surface area contributed by atoms with E-state index >= 15 is 0 Å². The average Bonchev–Trinajstić information content (AvgIpc) is 2.77. The molecule has 0 spiro atoms. The van der Waals surface area contributed by atoms with Gasteiger partial charge in [-0.3, -0.25) is 0 Å². The van der Waals surface area contributed by atoms with Gasteiger partial charge in [-0.05, 0) is 35.7 Å². The van der Waals surface area contributed by atoms with Gasteiger partial charge in [0.2, 0.25) is 0 Å². The van der Waals surface area contributed by atoms with Crippen molar-refractivity contribution in [2.45, 2.75) is 19.8 Å². The SMILES string of the molecule is CCCCOC(=O)COc1cccc2c1ccc1c(-c3ccccc3)cc(=O)oc12. The van der Waals surface area contributed by atoms with Gasteiger partial charge in [-0.1, -0.05) is 55.8 Å². The molecule has 0 amide bonds. The number of fused-ring (bicyclic) bond motifs is 3. The summed E-state index contributed by atoms with van der Waals surface area (Å²) in [5.41, 5.74) is 1.83. The molecular weight excluding hydrogens is 380 g/mol. The Kier molecular flexibility index (Phi) is 5.80. The van der Waals surface area contributed by atoms with Gasteiger partial charge in [0.25, 0.3) is 0 Å². The van der Waals surface area contributed by atoms with E-state index in [2.05, 4.69) is 0 Å². The summed E-state index contributed by atoms with van der Waals surface area (Å²) in [6.45, 7) is 2.26. The second-order valence-corrected chi connectivity index (χ2v) is 7.00. The zero-order chi connectivity index (χ0) is 20.9. The van der Waals surface area contributed by atoms with Crippen molar-refractivity contribution in [3.8, 4) is 16.9 Å². The van der Waals surface area contributed by atoms with Crippen LogP contribution in [0.1, 0.15) is 19.8 Å². The van der Waals surface area contributed by atoms with Gasteiger partial charge >= 0.3 is 11.6 Å². The highest BCUT2D eigenvalue weighted by Gasteiger charge is 2.14. The molecule has 152 valence electrons. The molecule has 3 aromatic carbocycles. The summed E-state index contributed by atoms with van der Waals surface area (Å²) in [4.78, 5) is 24.2. The van der Waals surface area contributed by atoms with Crippen molar-refractivity contribution in [3.05, 3.63) is 77.2 Å². The topological polar surface area (TPSA) is 65.7 Å². The van der Waals surface area contributed by atoms with Crippen molar-refractivity contribution >= 4 is 27.7 Å². The maximum absolute atomic E-state index is 12.3. The molecule has 0 aliphatic rings. The molecule has 4 aromatic rings. The summed E-state index contributed by atoms with van der Waals surface area (Å²) in [7, 11) is 0. The Bertz CT molecular complexity index is 1240. The van der Waals surface area contributed by atoms with E-state index in [4.69, 9.17) is 13.9 Å². The van der Waals surface area contributed by atoms with Crippen LogP contribution in [-0.2, 0) is 9.53 Å². The minimum absolute atomic E-state index is 0.172. The first-order valence-corrected chi connectivity index (χ1v) is 10.0. The number of carbonyl (C=O) groups is 1. The van der Waals surface area contributed by atoms with Crippen LogP contribution < -0.4 is 10.4 Å². The largest absolute Gasteiger partial charge is 0.481 e. The van der Waals surface area contributed by atoms with E-state index in [9.17, 15) is 9.59 Å². The van der Waals surface area contributed by atoms with Crippen LogP contribution in [-0.4, -0.2) is 19.2 Å². The molecular formula is C25H22O5. The number of hydrogen-bond donors (Lipinski definition) is 0. The molecule has 1 aromatic heterocycles. The Morgan fingerprint density at radius 1 is 0.933 bits per heavy atom. The van der Waals surface area contributed by atoms with Crippen molar-refractivity contribution < 1.29 is 18.7 Å². The number of esters is 1. The molecule has 0 saturated heterocycles. The van der Waals surface area contributed by atoms with Gasteiger partial charge in [-0.15, -0.1) is 0 Å². The molecule has 0 saturated carbocycles. The van der Waals surface area contributed by atoms with Gasteiger partial charge < -0.3 is 13.9 Å². The Morgan fingerprint density at radius 3 is 2.53 bits per heavy atom. The fraction of sp³-hybridized carbons (Fsp3) is 0.200. The van der Waals surface area contributed by atoms with Gasteiger partial charge in [0.15, 0.2) is 6.61 Å². The highest BCUT2D eigenvalue weighted by Crippen LogP contribution is 2.35. The monoisotopic (exact) mass is 402 g/mol. The third kappa shape index (κ3) is 4.06. The smallest absolute Gasteiger partial charge is 0.344 e. The summed E-state index contributed by atoms with van der Waals surface area (Å²) in [6.07, 6.45) is 1.79. The molecule has 1 heterocycles. The molecule has 0 fully saturated rings. The molecule has 0 aliphatic heterocycles. The maximum Gasteiger partial charge on any atom is 0.344 e. The summed E-state index contributed by atoms with van der Waals surface area (Å²) in [5, 5.41) is 2.35. The number of benzene rings is 3. The van der Waals surface area contributed by atoms with Gasteiger partial charge in [0.05, 0.1) is 6.61 Å². The second-order valence-electron chi connectivity index (χ2n) is 7.00. The standard InChI is InChI=1S/C25H22O5/c1-2-3-14-28-24(27)16-29-22-11-7-10-19-18(22)12-13-20-21(15-23(26)30-25(19)20)17-8-5-4-6-9-17/h4-13,15H,2-3,14,16H2,1H3. The molecule has 0 unspecified atom stereocenters. The Morgan fingerprint density at radius 2 is 1.73 bits per heavy atom. The number of carbonyl (C=O) groups excluding carboxylic acids is 1. The minimum atomic E-state index is -0.417. The first-order valence-electron chi connectivity index (χ1n) is 10.0. The first-order chi connectivity index (χ1) is 14.7. The highest BCUT2D eigenvalue weighted by molar-refractivity contribution is 6.10. The van der Waals surface area contributed by atoms with E-state index in [0.717, 1.165) is 40.1 Å². The summed E-state index contributed by atoms with van der Waals surface area (Å²) >= 11 is 0. The van der Waals surface area contributed by atoms with Crippen LogP contribution in [0.15, 0.2) is 75.9 Å². The lowest BCUT2D eigenvalue weighted by molar-refractivity contribution is -0.146. The number of rotatable bonds is 7. The molecule has 0 bridgehead atoms. The summed E-state index contributed by atoms with van der Waals surface area (Å²) in [6, 6.07) is 20.5. The van der Waals surface area contributed by atoms with Crippen molar-refractivity contribution in [1.82, 2.24) is 0 Å². The van der Waals surface area contributed by atoms with Gasteiger partial charge in [-0.25, -0.2) is 9.59 Å². The molecule has 0 atom stereocenters. The van der Waals surface area contributed by atoms with Gasteiger partial charge in [0.1, 0.15) is 11.3 Å². The van der Waals surface area contributed by atoms with Crippen LogP contribution in [0.3, 0.4) is 0 Å². The van der Waals surface area contributed by atoms with Crippen LogP contribution in [0.2, 0.25) is 0 Å². The van der Waals surface area contributed by atoms with Gasteiger partial charge in [0, 0.05) is 22.2 Å². The predicted octanol–water partition coefficient (Wildman–Crippen LogP) is 5.34. The zero-order valence-corrected chi connectivity index (χ0v) is 16.7. The molecule has 0 N–H and O–H groups in total. The predicted molar refractivity (Wildman–Crippen MR) is 117 cm³/mol. The second kappa shape index (κ2) is 8.82. The number of unbranched alkanes of at least 4 members (excludes halogenated alkanes) is 1. The van der Waals surface area contributed by atoms with E-state index in [1.165, 1.54) is 6.07 Å². The lowest BCUT2D eigenvalue weighted by atomic mass is 9.99. The number of ether oxygens (including phenoxy) is 2. The van der Waals surface area contributed by atoms with Crippen LogP contribution >= 0.6 is 0 Å². The van der Waals surface area contributed by atoms with E-state index in [-0.39, 0.29) is 6.61 Å². The lowest BCUT2D eigenvalue weighted by Gasteiger charge is -2.12. The zero-order valence-electron chi connectivity index (χ0n) is 16.7. The van der Waals surface area contributed by atoms with Crippen molar-refractivity contribution in [3.63, 3.8) is 0 Å². The third-order valence-corrected chi connectivity index (χ3v) is 4.92.